The third-order valence-electron chi connectivity index (χ3n) is 5.63. The molecule has 0 atom stereocenters. The number of fused-ring (bicyclic) bond motifs is 1. The molecule has 2 aliphatic rings. The van der Waals surface area contributed by atoms with Crippen LogP contribution in [0.4, 0.5) is 0 Å². The van der Waals surface area contributed by atoms with Gasteiger partial charge in [0.15, 0.2) is 17.3 Å². The van der Waals surface area contributed by atoms with E-state index in [4.69, 9.17) is 9.47 Å². The number of carbonyl (C=O) groups excluding carboxylic acids is 1. The normalized spacial score (nSPS) is 17.2. The first kappa shape index (κ1) is 17.8. The summed E-state index contributed by atoms with van der Waals surface area (Å²) >= 11 is 0. The van der Waals surface area contributed by atoms with Gasteiger partial charge in [0.1, 0.15) is 0 Å². The van der Waals surface area contributed by atoms with Crippen LogP contribution >= 0.6 is 0 Å². The van der Waals surface area contributed by atoms with Crippen LogP contribution in [-0.4, -0.2) is 38.0 Å². The van der Waals surface area contributed by atoms with Crippen LogP contribution in [0.2, 0.25) is 0 Å². The minimum atomic E-state index is 0.164. The second kappa shape index (κ2) is 7.57. The molecular weight excluding hydrogens is 338 g/mol. The molecule has 0 amide bonds. The van der Waals surface area contributed by atoms with Gasteiger partial charge in [0.05, 0.1) is 14.2 Å². The lowest BCUT2D eigenvalue weighted by Crippen LogP contribution is -2.31. The number of allylic oxidation sites excluding steroid dienone is 1. The van der Waals surface area contributed by atoms with E-state index >= 15 is 0 Å². The number of Topliss-reactive ketones (excluding diaryl/α,β-unsaturated/α-hetero) is 1. The Morgan fingerprint density at radius 2 is 1.63 bits per heavy atom. The second-order valence-corrected chi connectivity index (χ2v) is 7.21. The quantitative estimate of drug-likeness (QED) is 0.769. The Morgan fingerprint density at radius 1 is 0.963 bits per heavy atom. The molecular formula is C23H25NO3. The standard InChI is InChI=1S/C23H25NO3/c1-26-21-13-18-12-19(23(25)20(18)14-22(21)27-2)17-8-10-24(11-9-17)15-16-6-4-3-5-7-16/h3-7,13-14H,8-12,15H2,1-2H3. The van der Waals surface area contributed by atoms with E-state index < -0.39 is 0 Å². The van der Waals surface area contributed by atoms with Crippen molar-refractivity contribution in [2.75, 3.05) is 27.3 Å². The number of nitrogens with zero attached hydrogens (tertiary/aromatic N) is 1. The van der Waals surface area contributed by atoms with Gasteiger partial charge in [0.25, 0.3) is 0 Å². The van der Waals surface area contributed by atoms with Crippen molar-refractivity contribution in [1.82, 2.24) is 4.90 Å². The van der Waals surface area contributed by atoms with E-state index in [-0.39, 0.29) is 5.78 Å². The van der Waals surface area contributed by atoms with Gasteiger partial charge in [0.2, 0.25) is 0 Å². The van der Waals surface area contributed by atoms with Gasteiger partial charge in [-0.2, -0.15) is 0 Å². The molecule has 1 saturated heterocycles. The number of methoxy groups -OCH3 is 2. The first-order valence-corrected chi connectivity index (χ1v) is 9.46. The summed E-state index contributed by atoms with van der Waals surface area (Å²) in [6.45, 7) is 2.99. The van der Waals surface area contributed by atoms with Crippen LogP contribution in [0.25, 0.3) is 0 Å². The zero-order chi connectivity index (χ0) is 18.8. The Kier molecular flexibility index (Phi) is 4.99. The van der Waals surface area contributed by atoms with Crippen molar-refractivity contribution in [3.63, 3.8) is 0 Å². The molecule has 0 N–H and O–H groups in total. The minimum absolute atomic E-state index is 0.164. The van der Waals surface area contributed by atoms with Crippen molar-refractivity contribution >= 4 is 5.78 Å². The van der Waals surface area contributed by atoms with Crippen molar-refractivity contribution in [3.05, 3.63) is 70.3 Å². The Labute approximate surface area is 160 Å². The van der Waals surface area contributed by atoms with E-state index in [2.05, 4.69) is 35.2 Å². The summed E-state index contributed by atoms with van der Waals surface area (Å²) in [5.41, 5.74) is 5.46. The molecule has 0 radical (unpaired) electrons. The maximum absolute atomic E-state index is 13.0. The van der Waals surface area contributed by atoms with Gasteiger partial charge in [-0.3, -0.25) is 9.69 Å². The molecule has 2 aromatic rings. The molecule has 0 unspecified atom stereocenters. The van der Waals surface area contributed by atoms with E-state index in [1.54, 1.807) is 14.2 Å². The highest BCUT2D eigenvalue weighted by Crippen LogP contribution is 2.38. The number of ether oxygens (including phenoxy) is 2. The molecule has 4 heteroatoms. The maximum Gasteiger partial charge on any atom is 0.189 e. The number of benzene rings is 2. The van der Waals surface area contributed by atoms with Crippen molar-refractivity contribution < 1.29 is 14.3 Å². The first-order valence-electron chi connectivity index (χ1n) is 9.46. The number of ketones is 1. The third-order valence-corrected chi connectivity index (χ3v) is 5.63. The number of rotatable bonds is 4. The topological polar surface area (TPSA) is 38.8 Å². The van der Waals surface area contributed by atoms with Gasteiger partial charge in [-0.25, -0.2) is 0 Å². The van der Waals surface area contributed by atoms with Gasteiger partial charge in [-0.05, 0) is 36.1 Å². The molecule has 0 bridgehead atoms. The van der Waals surface area contributed by atoms with E-state index in [9.17, 15) is 4.79 Å². The van der Waals surface area contributed by atoms with Crippen LogP contribution in [0.3, 0.4) is 0 Å². The highest BCUT2D eigenvalue weighted by molar-refractivity contribution is 6.14. The first-order chi connectivity index (χ1) is 13.2. The molecule has 140 valence electrons. The van der Waals surface area contributed by atoms with E-state index in [1.807, 2.05) is 12.1 Å². The molecule has 4 nitrogen and oxygen atoms in total. The van der Waals surface area contributed by atoms with Gasteiger partial charge >= 0.3 is 0 Å². The van der Waals surface area contributed by atoms with Crippen molar-refractivity contribution in [1.29, 1.82) is 0 Å². The molecule has 1 aliphatic heterocycles. The lowest BCUT2D eigenvalue weighted by atomic mass is 9.95. The van der Waals surface area contributed by atoms with Crippen LogP contribution in [0, 0.1) is 0 Å². The predicted octanol–water partition coefficient (Wildman–Crippen LogP) is 4.04. The highest BCUT2D eigenvalue weighted by atomic mass is 16.5. The van der Waals surface area contributed by atoms with Gasteiger partial charge in [-0.15, -0.1) is 0 Å². The Balaban J connectivity index is 1.49. The number of hydrogen-bond donors (Lipinski definition) is 0. The molecule has 1 aliphatic carbocycles. The molecule has 0 saturated carbocycles. The van der Waals surface area contributed by atoms with Gasteiger partial charge in [-0.1, -0.05) is 35.9 Å². The van der Waals surface area contributed by atoms with Gasteiger partial charge < -0.3 is 9.47 Å². The van der Waals surface area contributed by atoms with Crippen LogP contribution in [0.5, 0.6) is 11.5 Å². The highest BCUT2D eigenvalue weighted by Gasteiger charge is 2.30. The number of likely N-dealkylation sites (tertiary alicyclic amines) is 1. The summed E-state index contributed by atoms with van der Waals surface area (Å²) in [5.74, 6) is 1.47. The monoisotopic (exact) mass is 363 g/mol. The summed E-state index contributed by atoms with van der Waals surface area (Å²) in [4.78, 5) is 15.4. The lowest BCUT2D eigenvalue weighted by Gasteiger charge is -2.29. The smallest absolute Gasteiger partial charge is 0.189 e. The molecule has 27 heavy (non-hydrogen) atoms. The van der Waals surface area contributed by atoms with Crippen LogP contribution in [-0.2, 0) is 13.0 Å². The average molecular weight is 363 g/mol. The molecule has 1 heterocycles. The fraction of sp³-hybridized carbons (Fsp3) is 0.348. The van der Waals surface area contributed by atoms with E-state index in [1.165, 1.54) is 11.1 Å². The second-order valence-electron chi connectivity index (χ2n) is 7.21. The fourth-order valence-corrected chi connectivity index (χ4v) is 4.12. The SMILES string of the molecule is COc1cc2c(cc1OC)C(=O)C(=C1CCN(Cc3ccccc3)CC1)C2. The molecule has 0 spiro atoms. The van der Waals surface area contributed by atoms with E-state index in [0.29, 0.717) is 17.9 Å². The largest absolute Gasteiger partial charge is 0.493 e. The van der Waals surface area contributed by atoms with E-state index in [0.717, 1.165) is 49.2 Å². The van der Waals surface area contributed by atoms with Crippen molar-refractivity contribution in [2.24, 2.45) is 0 Å². The summed E-state index contributed by atoms with van der Waals surface area (Å²) in [6.07, 6.45) is 2.65. The molecule has 1 fully saturated rings. The number of piperidine rings is 1. The van der Waals surface area contributed by atoms with Crippen molar-refractivity contribution in [3.8, 4) is 11.5 Å². The summed E-state index contributed by atoms with van der Waals surface area (Å²) < 4.78 is 10.8. The summed E-state index contributed by atoms with van der Waals surface area (Å²) in [6, 6.07) is 14.3. The maximum atomic E-state index is 13.0. The van der Waals surface area contributed by atoms with Crippen molar-refractivity contribution in [2.45, 2.75) is 25.8 Å². The average Bonchev–Trinajstić information content (AvgIpc) is 3.04. The lowest BCUT2D eigenvalue weighted by molar-refractivity contribution is 0.103. The molecule has 2 aromatic carbocycles. The Hall–Kier alpha value is -2.59. The zero-order valence-electron chi connectivity index (χ0n) is 16.0. The molecule has 4 rings (SSSR count). The fourth-order valence-electron chi connectivity index (χ4n) is 4.12. The number of carbonyl (C=O) groups is 1. The minimum Gasteiger partial charge on any atom is -0.493 e. The number of hydrogen-bond acceptors (Lipinski definition) is 4. The van der Waals surface area contributed by atoms with Crippen LogP contribution in [0.1, 0.15) is 34.3 Å². The summed E-state index contributed by atoms with van der Waals surface area (Å²) in [5, 5.41) is 0. The molecule has 0 aromatic heterocycles. The van der Waals surface area contributed by atoms with Crippen LogP contribution in [0.15, 0.2) is 53.6 Å². The van der Waals surface area contributed by atoms with Crippen LogP contribution < -0.4 is 9.47 Å². The zero-order valence-corrected chi connectivity index (χ0v) is 16.0. The van der Waals surface area contributed by atoms with Gasteiger partial charge in [0, 0.05) is 37.2 Å². The predicted molar refractivity (Wildman–Crippen MR) is 106 cm³/mol. The third kappa shape index (κ3) is 3.50. The Morgan fingerprint density at radius 3 is 2.30 bits per heavy atom. The summed E-state index contributed by atoms with van der Waals surface area (Å²) in [7, 11) is 3.23. The Bertz CT molecular complexity index is 876.